The lowest BCUT2D eigenvalue weighted by Gasteiger charge is -2.11. The Labute approximate surface area is 155 Å². The molecule has 0 fully saturated rings. The molecule has 0 aliphatic rings. The number of nitrogens with zero attached hydrogens (tertiary/aromatic N) is 4. The SMILES string of the molecule is Cc1ccc(C(=O)Nc2ccnn2C)cc1-c1ccc2c(O)nncc2c1. The third-order valence-electron chi connectivity index (χ3n) is 4.52. The minimum atomic E-state index is -0.204. The molecule has 0 aliphatic carbocycles. The van der Waals surface area contributed by atoms with Crippen molar-refractivity contribution in [3.63, 3.8) is 0 Å². The number of rotatable bonds is 3. The highest BCUT2D eigenvalue weighted by Crippen LogP contribution is 2.30. The summed E-state index contributed by atoms with van der Waals surface area (Å²) in [5, 5.41) is 25.6. The van der Waals surface area contributed by atoms with Crippen LogP contribution < -0.4 is 5.32 Å². The second-order valence-corrected chi connectivity index (χ2v) is 6.29. The average Bonchev–Trinajstić information content (AvgIpc) is 3.06. The van der Waals surface area contributed by atoms with Crippen molar-refractivity contribution in [1.29, 1.82) is 0 Å². The molecule has 2 heterocycles. The first kappa shape index (κ1) is 16.7. The van der Waals surface area contributed by atoms with E-state index in [1.165, 1.54) is 0 Å². The minimum Gasteiger partial charge on any atom is -0.492 e. The number of nitrogens with one attached hydrogen (secondary N) is 1. The maximum absolute atomic E-state index is 12.6. The Hall–Kier alpha value is -3.74. The van der Waals surface area contributed by atoms with Gasteiger partial charge in [0.05, 0.1) is 12.4 Å². The molecule has 4 rings (SSSR count). The maximum Gasteiger partial charge on any atom is 0.256 e. The van der Waals surface area contributed by atoms with Gasteiger partial charge in [-0.05, 0) is 47.9 Å². The van der Waals surface area contributed by atoms with Gasteiger partial charge in [0.1, 0.15) is 5.82 Å². The Bertz CT molecular complexity index is 1170. The summed E-state index contributed by atoms with van der Waals surface area (Å²) in [4.78, 5) is 12.6. The molecule has 1 amide bonds. The molecule has 0 saturated heterocycles. The number of aromatic nitrogens is 4. The van der Waals surface area contributed by atoms with Gasteiger partial charge in [-0.1, -0.05) is 12.1 Å². The zero-order chi connectivity index (χ0) is 19.0. The van der Waals surface area contributed by atoms with Crippen molar-refractivity contribution < 1.29 is 9.90 Å². The van der Waals surface area contributed by atoms with Gasteiger partial charge in [0, 0.05) is 29.4 Å². The molecule has 0 atom stereocenters. The molecule has 2 N–H and O–H groups in total. The second-order valence-electron chi connectivity index (χ2n) is 6.29. The lowest BCUT2D eigenvalue weighted by atomic mass is 9.96. The van der Waals surface area contributed by atoms with Crippen LogP contribution >= 0.6 is 0 Å². The molecule has 0 bridgehead atoms. The molecular weight excluding hydrogens is 342 g/mol. The molecule has 2 aromatic heterocycles. The fourth-order valence-electron chi connectivity index (χ4n) is 3.00. The fourth-order valence-corrected chi connectivity index (χ4v) is 3.00. The molecule has 0 unspecified atom stereocenters. The summed E-state index contributed by atoms with van der Waals surface area (Å²) in [6.07, 6.45) is 3.23. The number of anilines is 1. The highest BCUT2D eigenvalue weighted by atomic mass is 16.3. The van der Waals surface area contributed by atoms with E-state index in [4.69, 9.17) is 0 Å². The molecule has 7 heteroatoms. The van der Waals surface area contributed by atoms with E-state index in [9.17, 15) is 9.90 Å². The summed E-state index contributed by atoms with van der Waals surface area (Å²) in [5.74, 6) is 0.325. The van der Waals surface area contributed by atoms with Gasteiger partial charge in [0.2, 0.25) is 5.88 Å². The minimum absolute atomic E-state index is 0.0972. The van der Waals surface area contributed by atoms with Crippen molar-refractivity contribution in [2.75, 3.05) is 5.32 Å². The van der Waals surface area contributed by atoms with Crippen molar-refractivity contribution in [3.05, 3.63) is 66.0 Å². The summed E-state index contributed by atoms with van der Waals surface area (Å²) in [7, 11) is 1.77. The van der Waals surface area contributed by atoms with Gasteiger partial charge in [-0.15, -0.1) is 5.10 Å². The van der Waals surface area contributed by atoms with Crippen molar-refractivity contribution >= 4 is 22.5 Å². The molecule has 4 aromatic rings. The van der Waals surface area contributed by atoms with Gasteiger partial charge in [-0.25, -0.2) is 0 Å². The molecule has 0 aliphatic heterocycles. The first-order chi connectivity index (χ1) is 13.0. The van der Waals surface area contributed by atoms with Crippen LogP contribution in [0.1, 0.15) is 15.9 Å². The van der Waals surface area contributed by atoms with E-state index >= 15 is 0 Å². The van der Waals surface area contributed by atoms with E-state index in [0.717, 1.165) is 22.1 Å². The summed E-state index contributed by atoms with van der Waals surface area (Å²) >= 11 is 0. The maximum atomic E-state index is 12.6. The zero-order valence-corrected chi connectivity index (χ0v) is 14.8. The van der Waals surface area contributed by atoms with Crippen molar-refractivity contribution in [3.8, 4) is 17.0 Å². The van der Waals surface area contributed by atoms with Crippen LogP contribution in [0.3, 0.4) is 0 Å². The summed E-state index contributed by atoms with van der Waals surface area (Å²) < 4.78 is 1.60. The summed E-state index contributed by atoms with van der Waals surface area (Å²) in [5.41, 5.74) is 3.46. The quantitative estimate of drug-likeness (QED) is 0.585. The Balaban J connectivity index is 1.72. The Morgan fingerprint density at radius 3 is 2.78 bits per heavy atom. The van der Waals surface area contributed by atoms with E-state index in [1.807, 2.05) is 31.2 Å². The van der Waals surface area contributed by atoms with Crippen LogP contribution in [-0.4, -0.2) is 31.0 Å². The van der Waals surface area contributed by atoms with Crippen LogP contribution in [0.5, 0.6) is 5.88 Å². The fraction of sp³-hybridized carbons (Fsp3) is 0.100. The largest absolute Gasteiger partial charge is 0.492 e. The molecule has 0 spiro atoms. The predicted octanol–water partition coefficient (Wildman–Crippen LogP) is 3.30. The number of hydrogen-bond donors (Lipinski definition) is 2. The first-order valence-electron chi connectivity index (χ1n) is 8.38. The van der Waals surface area contributed by atoms with Gasteiger partial charge >= 0.3 is 0 Å². The lowest BCUT2D eigenvalue weighted by molar-refractivity contribution is 0.102. The third-order valence-corrected chi connectivity index (χ3v) is 4.52. The Morgan fingerprint density at radius 2 is 2.00 bits per heavy atom. The van der Waals surface area contributed by atoms with Crippen LogP contribution in [0, 0.1) is 6.92 Å². The van der Waals surface area contributed by atoms with Crippen molar-refractivity contribution in [1.82, 2.24) is 20.0 Å². The molecule has 2 aromatic carbocycles. The smallest absolute Gasteiger partial charge is 0.256 e. The number of aryl methyl sites for hydroxylation is 2. The zero-order valence-electron chi connectivity index (χ0n) is 14.8. The van der Waals surface area contributed by atoms with Gasteiger partial charge in [0.25, 0.3) is 5.91 Å². The molecule has 7 nitrogen and oxygen atoms in total. The monoisotopic (exact) mass is 359 g/mol. The number of carbonyl (C=O) groups excluding carboxylic acids is 1. The van der Waals surface area contributed by atoms with Gasteiger partial charge in [0.15, 0.2) is 0 Å². The van der Waals surface area contributed by atoms with E-state index in [-0.39, 0.29) is 11.8 Å². The Morgan fingerprint density at radius 1 is 1.15 bits per heavy atom. The van der Waals surface area contributed by atoms with Gasteiger partial charge in [-0.3, -0.25) is 9.48 Å². The van der Waals surface area contributed by atoms with Crippen LogP contribution in [0.25, 0.3) is 21.9 Å². The van der Waals surface area contributed by atoms with Crippen molar-refractivity contribution in [2.45, 2.75) is 6.92 Å². The standard InChI is InChI=1S/C20H17N5O2/c1-12-3-4-14(19(26)23-18-7-8-22-25(18)2)10-17(12)13-5-6-16-15(9-13)11-21-24-20(16)27/h3-11H,1-2H3,(H,23,26)(H,24,27). The van der Waals surface area contributed by atoms with Gasteiger partial charge in [-0.2, -0.15) is 10.2 Å². The Kier molecular flexibility index (Phi) is 4.04. The molecule has 0 saturated carbocycles. The molecule has 0 radical (unpaired) electrons. The lowest BCUT2D eigenvalue weighted by Crippen LogP contribution is -2.14. The molecular formula is C20H17N5O2. The molecule has 27 heavy (non-hydrogen) atoms. The van der Waals surface area contributed by atoms with Crippen LogP contribution in [0.15, 0.2) is 54.9 Å². The van der Waals surface area contributed by atoms with Crippen molar-refractivity contribution in [2.24, 2.45) is 7.05 Å². The number of fused-ring (bicyclic) bond motifs is 1. The van der Waals surface area contributed by atoms with E-state index in [0.29, 0.717) is 16.8 Å². The summed E-state index contributed by atoms with van der Waals surface area (Å²) in [6.45, 7) is 1.99. The van der Waals surface area contributed by atoms with Crippen LogP contribution in [-0.2, 0) is 7.05 Å². The highest BCUT2D eigenvalue weighted by molar-refractivity contribution is 6.04. The predicted molar refractivity (Wildman–Crippen MR) is 103 cm³/mol. The first-order valence-corrected chi connectivity index (χ1v) is 8.38. The normalized spacial score (nSPS) is 10.9. The van der Waals surface area contributed by atoms with E-state index in [1.54, 1.807) is 42.3 Å². The number of hydrogen-bond acceptors (Lipinski definition) is 5. The number of aromatic hydroxyl groups is 1. The number of benzene rings is 2. The van der Waals surface area contributed by atoms with E-state index < -0.39 is 0 Å². The highest BCUT2D eigenvalue weighted by Gasteiger charge is 2.12. The molecule has 134 valence electrons. The second kappa shape index (κ2) is 6.53. The third kappa shape index (κ3) is 3.10. The van der Waals surface area contributed by atoms with E-state index in [2.05, 4.69) is 20.6 Å². The average molecular weight is 359 g/mol. The van der Waals surface area contributed by atoms with Crippen LogP contribution in [0.2, 0.25) is 0 Å². The van der Waals surface area contributed by atoms with Gasteiger partial charge < -0.3 is 10.4 Å². The number of amides is 1. The van der Waals surface area contributed by atoms with Crippen LogP contribution in [0.4, 0.5) is 5.82 Å². The topological polar surface area (TPSA) is 92.9 Å². The number of carbonyl (C=O) groups is 1. The summed E-state index contributed by atoms with van der Waals surface area (Å²) in [6, 6.07) is 12.9.